The van der Waals surface area contributed by atoms with Gasteiger partial charge in [0.1, 0.15) is 6.33 Å². The minimum absolute atomic E-state index is 0.0774. The third-order valence-corrected chi connectivity index (χ3v) is 4.94. The molecule has 2 heterocycles. The molecule has 0 aliphatic carbocycles. The molecule has 0 amide bonds. The molecule has 1 saturated heterocycles. The van der Waals surface area contributed by atoms with E-state index in [1.54, 1.807) is 6.92 Å². The second-order valence-corrected chi connectivity index (χ2v) is 6.80. The second-order valence-electron chi connectivity index (χ2n) is 6.37. The van der Waals surface area contributed by atoms with Gasteiger partial charge in [0.2, 0.25) is 0 Å². The summed E-state index contributed by atoms with van der Waals surface area (Å²) in [7, 11) is 0. The SMILES string of the molecule is Cc1c(CC[C@H]2CCC[C@@H](c3ccc(Cl)cc3)O2)ncnc1C(=O)O. The highest BCUT2D eigenvalue weighted by Crippen LogP contribution is 2.33. The van der Waals surface area contributed by atoms with Crippen LogP contribution in [-0.4, -0.2) is 27.1 Å². The standard InChI is InChI=1S/C19H21ClN2O3/c1-12-16(21-11-22-18(12)19(23)24)10-9-15-3-2-4-17(25-15)13-5-7-14(20)8-6-13/h5-8,11,15,17H,2-4,9-10H2,1H3,(H,23,24)/t15-,17+/m1/s1. The van der Waals surface area contributed by atoms with Gasteiger partial charge in [0.15, 0.2) is 5.69 Å². The first-order valence-corrected chi connectivity index (χ1v) is 8.87. The van der Waals surface area contributed by atoms with Gasteiger partial charge < -0.3 is 9.84 Å². The molecule has 1 aromatic heterocycles. The molecule has 1 N–H and O–H groups in total. The van der Waals surface area contributed by atoms with Gasteiger partial charge in [0, 0.05) is 16.3 Å². The predicted octanol–water partition coefficient (Wildman–Crippen LogP) is 4.38. The van der Waals surface area contributed by atoms with Crippen LogP contribution >= 0.6 is 11.6 Å². The maximum Gasteiger partial charge on any atom is 0.354 e. The molecule has 0 spiro atoms. The van der Waals surface area contributed by atoms with Crippen molar-refractivity contribution in [2.75, 3.05) is 0 Å². The minimum Gasteiger partial charge on any atom is -0.477 e. The second kappa shape index (κ2) is 7.93. The van der Waals surface area contributed by atoms with Crippen molar-refractivity contribution >= 4 is 17.6 Å². The molecule has 0 unspecified atom stereocenters. The topological polar surface area (TPSA) is 72.3 Å². The number of nitrogens with zero attached hydrogens (tertiary/aromatic N) is 2. The van der Waals surface area contributed by atoms with Gasteiger partial charge in [-0.1, -0.05) is 23.7 Å². The normalized spacial score (nSPS) is 20.4. The van der Waals surface area contributed by atoms with Crippen LogP contribution in [0.2, 0.25) is 5.02 Å². The Kier molecular flexibility index (Phi) is 5.66. The number of halogens is 1. The van der Waals surface area contributed by atoms with Gasteiger partial charge in [-0.3, -0.25) is 0 Å². The highest BCUT2D eigenvalue weighted by atomic mass is 35.5. The van der Waals surface area contributed by atoms with Crippen LogP contribution in [0, 0.1) is 6.92 Å². The molecule has 1 aliphatic rings. The largest absolute Gasteiger partial charge is 0.477 e. The van der Waals surface area contributed by atoms with Crippen molar-refractivity contribution in [2.45, 2.75) is 51.2 Å². The van der Waals surface area contributed by atoms with Crippen molar-refractivity contribution in [1.82, 2.24) is 9.97 Å². The molecule has 132 valence electrons. The molecule has 0 saturated carbocycles. The van der Waals surface area contributed by atoms with Gasteiger partial charge in [-0.2, -0.15) is 0 Å². The lowest BCUT2D eigenvalue weighted by Crippen LogP contribution is -2.23. The lowest BCUT2D eigenvalue weighted by Gasteiger charge is -2.30. The molecule has 5 nitrogen and oxygen atoms in total. The number of carbonyl (C=O) groups is 1. The van der Waals surface area contributed by atoms with Gasteiger partial charge in [-0.05, 0) is 56.7 Å². The van der Waals surface area contributed by atoms with Crippen molar-refractivity contribution in [3.63, 3.8) is 0 Å². The number of hydrogen-bond acceptors (Lipinski definition) is 4. The molecule has 3 rings (SSSR count). The van der Waals surface area contributed by atoms with Crippen molar-refractivity contribution in [1.29, 1.82) is 0 Å². The number of rotatable bonds is 5. The zero-order valence-corrected chi connectivity index (χ0v) is 14.9. The Morgan fingerprint density at radius 3 is 2.76 bits per heavy atom. The fourth-order valence-corrected chi connectivity index (χ4v) is 3.41. The summed E-state index contributed by atoms with van der Waals surface area (Å²) >= 11 is 5.95. The number of carboxylic acid groups (broad SMARTS) is 1. The summed E-state index contributed by atoms with van der Waals surface area (Å²) in [6, 6.07) is 7.81. The van der Waals surface area contributed by atoms with Gasteiger partial charge >= 0.3 is 5.97 Å². The predicted molar refractivity (Wildman–Crippen MR) is 95.0 cm³/mol. The molecule has 25 heavy (non-hydrogen) atoms. The summed E-state index contributed by atoms with van der Waals surface area (Å²) in [5, 5.41) is 9.89. The number of ether oxygens (including phenoxy) is 1. The van der Waals surface area contributed by atoms with Crippen LogP contribution in [0.4, 0.5) is 0 Å². The molecule has 1 aromatic carbocycles. The van der Waals surface area contributed by atoms with E-state index in [1.165, 1.54) is 6.33 Å². The molecule has 0 bridgehead atoms. The Balaban J connectivity index is 1.63. The third kappa shape index (κ3) is 4.35. The van der Waals surface area contributed by atoms with E-state index in [0.717, 1.165) is 42.0 Å². The van der Waals surface area contributed by atoms with E-state index < -0.39 is 5.97 Å². The van der Waals surface area contributed by atoms with E-state index in [0.29, 0.717) is 12.0 Å². The molecule has 1 fully saturated rings. The monoisotopic (exact) mass is 360 g/mol. The average Bonchev–Trinajstić information content (AvgIpc) is 2.61. The van der Waals surface area contributed by atoms with E-state index in [2.05, 4.69) is 9.97 Å². The third-order valence-electron chi connectivity index (χ3n) is 4.69. The van der Waals surface area contributed by atoms with E-state index in [4.69, 9.17) is 21.4 Å². The molecular weight excluding hydrogens is 340 g/mol. The molecule has 6 heteroatoms. The molecule has 2 atom stereocenters. The Morgan fingerprint density at radius 2 is 2.04 bits per heavy atom. The van der Waals surface area contributed by atoms with Crippen molar-refractivity contribution in [3.05, 3.63) is 58.1 Å². The summed E-state index contributed by atoms with van der Waals surface area (Å²) < 4.78 is 6.25. The van der Waals surface area contributed by atoms with Gasteiger partial charge in [-0.15, -0.1) is 0 Å². The maximum atomic E-state index is 11.2. The fraction of sp³-hybridized carbons (Fsp3) is 0.421. The summed E-state index contributed by atoms with van der Waals surface area (Å²) in [5.74, 6) is -1.02. The van der Waals surface area contributed by atoms with E-state index >= 15 is 0 Å². The van der Waals surface area contributed by atoms with Gasteiger partial charge in [0.05, 0.1) is 12.2 Å². The zero-order chi connectivity index (χ0) is 17.8. The number of aromatic nitrogens is 2. The first-order valence-electron chi connectivity index (χ1n) is 8.49. The lowest BCUT2D eigenvalue weighted by atomic mass is 9.95. The number of benzene rings is 1. The van der Waals surface area contributed by atoms with E-state index in [1.807, 2.05) is 24.3 Å². The quantitative estimate of drug-likeness (QED) is 0.856. The molecule has 0 radical (unpaired) electrons. The van der Waals surface area contributed by atoms with E-state index in [-0.39, 0.29) is 17.9 Å². The summed E-state index contributed by atoms with van der Waals surface area (Å²) in [6.07, 6.45) is 6.21. The van der Waals surface area contributed by atoms with Crippen molar-refractivity contribution in [3.8, 4) is 0 Å². The van der Waals surface area contributed by atoms with Crippen LogP contribution in [0.3, 0.4) is 0 Å². The van der Waals surface area contributed by atoms with Crippen LogP contribution < -0.4 is 0 Å². The first-order chi connectivity index (χ1) is 12.0. The highest BCUT2D eigenvalue weighted by molar-refractivity contribution is 6.30. The molecule has 2 aromatic rings. The highest BCUT2D eigenvalue weighted by Gasteiger charge is 2.24. The summed E-state index contributed by atoms with van der Waals surface area (Å²) in [4.78, 5) is 19.3. The Labute approximate surface area is 152 Å². The number of carboxylic acids is 1. The Morgan fingerprint density at radius 1 is 1.28 bits per heavy atom. The number of aromatic carboxylic acids is 1. The first kappa shape index (κ1) is 17.8. The van der Waals surface area contributed by atoms with E-state index in [9.17, 15) is 4.79 Å². The average molecular weight is 361 g/mol. The van der Waals surface area contributed by atoms with Crippen LogP contribution in [0.25, 0.3) is 0 Å². The Bertz CT molecular complexity index is 749. The van der Waals surface area contributed by atoms with Crippen LogP contribution in [0.1, 0.15) is 59.1 Å². The van der Waals surface area contributed by atoms with Gasteiger partial charge in [0.25, 0.3) is 0 Å². The number of hydrogen-bond donors (Lipinski definition) is 1. The fourth-order valence-electron chi connectivity index (χ4n) is 3.29. The van der Waals surface area contributed by atoms with Crippen molar-refractivity contribution < 1.29 is 14.6 Å². The minimum atomic E-state index is -1.02. The molecular formula is C19H21ClN2O3. The lowest BCUT2D eigenvalue weighted by molar-refractivity contribution is -0.0547. The van der Waals surface area contributed by atoms with Crippen LogP contribution in [0.5, 0.6) is 0 Å². The molecule has 1 aliphatic heterocycles. The maximum absolute atomic E-state index is 11.2. The van der Waals surface area contributed by atoms with Gasteiger partial charge in [-0.25, -0.2) is 14.8 Å². The Hall–Kier alpha value is -1.98. The zero-order valence-electron chi connectivity index (χ0n) is 14.1. The smallest absolute Gasteiger partial charge is 0.354 e. The summed E-state index contributed by atoms with van der Waals surface area (Å²) in [6.45, 7) is 1.76. The number of aryl methyl sites for hydroxylation is 1. The summed E-state index contributed by atoms with van der Waals surface area (Å²) in [5.41, 5.74) is 2.65. The van der Waals surface area contributed by atoms with Crippen molar-refractivity contribution in [2.24, 2.45) is 0 Å². The van der Waals surface area contributed by atoms with Crippen LogP contribution in [-0.2, 0) is 11.2 Å². The van der Waals surface area contributed by atoms with Crippen LogP contribution in [0.15, 0.2) is 30.6 Å².